The summed E-state index contributed by atoms with van der Waals surface area (Å²) in [6.07, 6.45) is 0. The summed E-state index contributed by atoms with van der Waals surface area (Å²) in [5.41, 5.74) is 0. The van der Waals surface area contributed by atoms with Crippen LogP contribution in [-0.4, -0.2) is 25.8 Å². The number of benzene rings is 1. The fourth-order valence-corrected chi connectivity index (χ4v) is 4.69. The molecule has 20 heavy (non-hydrogen) atoms. The lowest BCUT2D eigenvalue weighted by Gasteiger charge is -2.26. The lowest BCUT2D eigenvalue weighted by atomic mass is 10.2. The highest BCUT2D eigenvalue weighted by atomic mass is 79.9. The molecular weight excluding hydrogens is 362 g/mol. The third-order valence-corrected chi connectivity index (χ3v) is 5.46. The molecular formula is C14H21BrClNO2S. The van der Waals surface area contributed by atoms with E-state index < -0.39 is 10.0 Å². The van der Waals surface area contributed by atoms with E-state index in [1.165, 1.54) is 4.31 Å². The first-order valence-corrected chi connectivity index (χ1v) is 9.21. The molecule has 0 saturated carbocycles. The van der Waals surface area contributed by atoms with E-state index in [0.29, 0.717) is 13.1 Å². The Morgan fingerprint density at radius 1 is 1.15 bits per heavy atom. The van der Waals surface area contributed by atoms with Gasteiger partial charge < -0.3 is 0 Å². The molecule has 1 rings (SSSR count). The summed E-state index contributed by atoms with van der Waals surface area (Å²) in [7, 11) is -3.56. The molecule has 114 valence electrons. The summed E-state index contributed by atoms with van der Waals surface area (Å²) in [6.45, 7) is 9.01. The summed E-state index contributed by atoms with van der Waals surface area (Å²) >= 11 is 9.38. The van der Waals surface area contributed by atoms with E-state index in [4.69, 9.17) is 11.6 Å². The van der Waals surface area contributed by atoms with Crippen molar-refractivity contribution >= 4 is 37.6 Å². The van der Waals surface area contributed by atoms with Crippen LogP contribution < -0.4 is 0 Å². The second-order valence-electron chi connectivity index (χ2n) is 5.68. The molecule has 1 aromatic carbocycles. The van der Waals surface area contributed by atoms with Crippen LogP contribution in [0.15, 0.2) is 27.6 Å². The monoisotopic (exact) mass is 381 g/mol. The molecule has 0 N–H and O–H groups in total. The van der Waals surface area contributed by atoms with Gasteiger partial charge in [0.1, 0.15) is 4.90 Å². The van der Waals surface area contributed by atoms with Gasteiger partial charge in [-0.15, -0.1) is 0 Å². The molecule has 0 fully saturated rings. The van der Waals surface area contributed by atoms with Crippen molar-refractivity contribution in [2.75, 3.05) is 13.1 Å². The Kier molecular flexibility index (Phi) is 6.51. The van der Waals surface area contributed by atoms with Crippen LogP contribution in [-0.2, 0) is 10.0 Å². The van der Waals surface area contributed by atoms with Crippen molar-refractivity contribution in [3.05, 3.63) is 27.7 Å². The topological polar surface area (TPSA) is 37.4 Å². The van der Waals surface area contributed by atoms with Gasteiger partial charge in [-0.25, -0.2) is 8.42 Å². The minimum atomic E-state index is -3.56. The van der Waals surface area contributed by atoms with Crippen molar-refractivity contribution < 1.29 is 8.42 Å². The van der Waals surface area contributed by atoms with Gasteiger partial charge in [-0.1, -0.05) is 55.2 Å². The Balaban J connectivity index is 3.21. The highest BCUT2D eigenvalue weighted by Gasteiger charge is 2.27. The van der Waals surface area contributed by atoms with Gasteiger partial charge in [0.2, 0.25) is 10.0 Å². The average molecular weight is 383 g/mol. The van der Waals surface area contributed by atoms with Gasteiger partial charge >= 0.3 is 0 Å². The first kappa shape index (κ1) is 18.0. The van der Waals surface area contributed by atoms with Crippen LogP contribution in [0.5, 0.6) is 0 Å². The van der Waals surface area contributed by atoms with Crippen molar-refractivity contribution in [2.45, 2.75) is 32.6 Å². The Labute approximate surface area is 135 Å². The van der Waals surface area contributed by atoms with Crippen LogP contribution in [0.25, 0.3) is 0 Å². The van der Waals surface area contributed by atoms with Crippen LogP contribution in [0.4, 0.5) is 0 Å². The quantitative estimate of drug-likeness (QED) is 0.731. The van der Waals surface area contributed by atoms with Gasteiger partial charge in [0.05, 0.1) is 5.02 Å². The Bertz CT molecular complexity index is 548. The molecule has 0 saturated heterocycles. The first-order chi connectivity index (χ1) is 9.14. The summed E-state index contributed by atoms with van der Waals surface area (Å²) in [5.74, 6) is 0.524. The Hall–Kier alpha value is -0.100. The summed E-state index contributed by atoms with van der Waals surface area (Å²) in [5, 5.41) is 0.247. The summed E-state index contributed by atoms with van der Waals surface area (Å²) in [4.78, 5) is 0.170. The van der Waals surface area contributed by atoms with Crippen molar-refractivity contribution in [1.29, 1.82) is 0 Å². The zero-order chi connectivity index (χ0) is 15.5. The van der Waals surface area contributed by atoms with E-state index in [1.54, 1.807) is 18.2 Å². The second-order valence-corrected chi connectivity index (χ2v) is 8.91. The molecule has 3 nitrogen and oxygen atoms in total. The molecule has 0 aliphatic rings. The van der Waals surface area contributed by atoms with Crippen molar-refractivity contribution in [2.24, 2.45) is 11.8 Å². The Morgan fingerprint density at radius 3 is 2.05 bits per heavy atom. The number of hydrogen-bond acceptors (Lipinski definition) is 2. The number of hydrogen-bond donors (Lipinski definition) is 0. The van der Waals surface area contributed by atoms with Crippen LogP contribution >= 0.6 is 27.5 Å². The standard InChI is InChI=1S/C14H21BrClNO2S/c1-10(2)8-17(9-11(3)4)20(18,19)14-6-5-12(15)7-13(14)16/h5-7,10-11H,8-9H2,1-4H3. The summed E-state index contributed by atoms with van der Waals surface area (Å²) < 4.78 is 27.8. The lowest BCUT2D eigenvalue weighted by Crippen LogP contribution is -2.37. The largest absolute Gasteiger partial charge is 0.244 e. The molecule has 0 aromatic heterocycles. The maximum Gasteiger partial charge on any atom is 0.244 e. The molecule has 0 amide bonds. The predicted octanol–water partition coefficient (Wildman–Crippen LogP) is 4.41. The molecule has 6 heteroatoms. The first-order valence-electron chi connectivity index (χ1n) is 6.59. The van der Waals surface area contributed by atoms with Crippen LogP contribution in [0.2, 0.25) is 5.02 Å². The molecule has 0 heterocycles. The highest BCUT2D eigenvalue weighted by Crippen LogP contribution is 2.28. The molecule has 0 aliphatic heterocycles. The molecule has 0 bridgehead atoms. The predicted molar refractivity (Wildman–Crippen MR) is 87.6 cm³/mol. The molecule has 0 aliphatic carbocycles. The molecule has 0 spiro atoms. The van der Waals surface area contributed by atoms with Crippen LogP contribution in [0, 0.1) is 11.8 Å². The maximum atomic E-state index is 12.8. The van der Waals surface area contributed by atoms with E-state index >= 15 is 0 Å². The molecule has 1 aromatic rings. The van der Waals surface area contributed by atoms with Crippen LogP contribution in [0.1, 0.15) is 27.7 Å². The SMILES string of the molecule is CC(C)CN(CC(C)C)S(=O)(=O)c1ccc(Br)cc1Cl. The van der Waals surface area contributed by atoms with E-state index in [-0.39, 0.29) is 21.8 Å². The normalized spacial score (nSPS) is 12.7. The third kappa shape index (κ3) is 4.72. The highest BCUT2D eigenvalue weighted by molar-refractivity contribution is 9.10. The Morgan fingerprint density at radius 2 is 1.65 bits per heavy atom. The fourth-order valence-electron chi connectivity index (χ4n) is 1.91. The molecule has 0 atom stereocenters. The van der Waals surface area contributed by atoms with Gasteiger partial charge in [0.15, 0.2) is 0 Å². The third-order valence-electron chi connectivity index (χ3n) is 2.65. The second kappa shape index (κ2) is 7.25. The van der Waals surface area contributed by atoms with Gasteiger partial charge in [0, 0.05) is 17.6 Å². The molecule has 0 unspecified atom stereocenters. The number of nitrogens with zero attached hydrogens (tertiary/aromatic N) is 1. The zero-order valence-corrected chi connectivity index (χ0v) is 15.4. The van der Waals surface area contributed by atoms with E-state index in [9.17, 15) is 8.42 Å². The average Bonchev–Trinajstić information content (AvgIpc) is 2.26. The van der Waals surface area contributed by atoms with Gasteiger partial charge in [0.25, 0.3) is 0 Å². The number of sulfonamides is 1. The summed E-state index contributed by atoms with van der Waals surface area (Å²) in [6, 6.07) is 4.86. The van der Waals surface area contributed by atoms with Crippen molar-refractivity contribution in [3.8, 4) is 0 Å². The minimum Gasteiger partial charge on any atom is -0.207 e. The fraction of sp³-hybridized carbons (Fsp3) is 0.571. The molecule has 0 radical (unpaired) electrons. The van der Waals surface area contributed by atoms with E-state index in [0.717, 1.165) is 4.47 Å². The van der Waals surface area contributed by atoms with Gasteiger partial charge in [-0.05, 0) is 30.0 Å². The number of halogens is 2. The maximum absolute atomic E-state index is 12.8. The minimum absolute atomic E-state index is 0.170. The number of rotatable bonds is 6. The lowest BCUT2D eigenvalue weighted by molar-refractivity contribution is 0.333. The van der Waals surface area contributed by atoms with Crippen molar-refractivity contribution in [3.63, 3.8) is 0 Å². The van der Waals surface area contributed by atoms with Gasteiger partial charge in [-0.2, -0.15) is 4.31 Å². The van der Waals surface area contributed by atoms with Crippen LogP contribution in [0.3, 0.4) is 0 Å². The van der Waals surface area contributed by atoms with Gasteiger partial charge in [-0.3, -0.25) is 0 Å². The van der Waals surface area contributed by atoms with Crippen molar-refractivity contribution in [1.82, 2.24) is 4.31 Å². The van der Waals surface area contributed by atoms with E-state index in [1.807, 2.05) is 27.7 Å². The smallest absolute Gasteiger partial charge is 0.207 e. The van der Waals surface area contributed by atoms with E-state index in [2.05, 4.69) is 15.9 Å². The zero-order valence-electron chi connectivity index (χ0n) is 12.2.